The van der Waals surface area contributed by atoms with E-state index >= 15 is 0 Å². The fourth-order valence-electron chi connectivity index (χ4n) is 1.54. The van der Waals surface area contributed by atoms with Crippen molar-refractivity contribution in [2.24, 2.45) is 0 Å². The molecule has 0 unspecified atom stereocenters. The van der Waals surface area contributed by atoms with Crippen LogP contribution in [0.5, 0.6) is 5.75 Å². The molecule has 0 aliphatic rings. The van der Waals surface area contributed by atoms with Crippen LogP contribution in [0.15, 0.2) is 28.8 Å². The third-order valence-electron chi connectivity index (χ3n) is 2.22. The van der Waals surface area contributed by atoms with Gasteiger partial charge in [0.2, 0.25) is 0 Å². The molecule has 1 aromatic carbocycles. The third-order valence-corrected chi connectivity index (χ3v) is 2.68. The first-order valence-electron chi connectivity index (χ1n) is 5.46. The first kappa shape index (κ1) is 13.4. The van der Waals surface area contributed by atoms with E-state index in [1.807, 2.05) is 31.2 Å². The molecule has 0 atom stereocenters. The molecule has 88 valence electrons. The maximum absolute atomic E-state index is 5.89. The van der Waals surface area contributed by atoms with Crippen molar-refractivity contribution in [2.45, 2.75) is 26.7 Å². The highest BCUT2D eigenvalue weighted by Gasteiger charge is 2.06. The van der Waals surface area contributed by atoms with Gasteiger partial charge in [0, 0.05) is 0 Å². The quantitative estimate of drug-likeness (QED) is 0.720. The van der Waals surface area contributed by atoms with Crippen LogP contribution in [0.1, 0.15) is 32.3 Å². The molecule has 0 aromatic heterocycles. The lowest BCUT2D eigenvalue weighted by molar-refractivity contribution is 0.340. The summed E-state index contributed by atoms with van der Waals surface area (Å²) in [6.07, 6.45) is 1.88. The predicted octanol–water partition coefficient (Wildman–Crippen LogP) is 5.03. The van der Waals surface area contributed by atoms with Gasteiger partial charge in [-0.2, -0.15) is 0 Å². The number of ether oxygens (including phenoxy) is 1. The fourth-order valence-corrected chi connectivity index (χ4v) is 1.95. The molecule has 0 saturated carbocycles. The molecule has 0 radical (unpaired) electrons. The van der Waals surface area contributed by atoms with Crippen molar-refractivity contribution in [1.29, 1.82) is 0 Å². The number of rotatable bonds is 5. The van der Waals surface area contributed by atoms with Gasteiger partial charge in [-0.25, -0.2) is 0 Å². The standard InChI is InChI=1S/C13H16Cl2O/c1-3-6-12(13(14)15)10-7-5-8-11(9-10)16-4-2/h5,7-9H,3-4,6H2,1-2H3. The Morgan fingerprint density at radius 3 is 2.56 bits per heavy atom. The average molecular weight is 259 g/mol. The van der Waals surface area contributed by atoms with E-state index in [4.69, 9.17) is 27.9 Å². The molecule has 1 rings (SSSR count). The van der Waals surface area contributed by atoms with Crippen molar-refractivity contribution in [3.8, 4) is 5.75 Å². The van der Waals surface area contributed by atoms with E-state index in [2.05, 4.69) is 6.92 Å². The molecule has 0 fully saturated rings. The van der Waals surface area contributed by atoms with Gasteiger partial charge >= 0.3 is 0 Å². The van der Waals surface area contributed by atoms with Crippen molar-refractivity contribution in [2.75, 3.05) is 6.61 Å². The van der Waals surface area contributed by atoms with Crippen LogP contribution < -0.4 is 4.74 Å². The highest BCUT2D eigenvalue weighted by molar-refractivity contribution is 6.58. The van der Waals surface area contributed by atoms with Crippen LogP contribution in [0, 0.1) is 0 Å². The molecule has 0 aliphatic carbocycles. The molecule has 1 nitrogen and oxygen atoms in total. The summed E-state index contributed by atoms with van der Waals surface area (Å²) in [5.74, 6) is 0.850. The molecule has 0 amide bonds. The number of benzene rings is 1. The van der Waals surface area contributed by atoms with E-state index in [1.165, 1.54) is 0 Å². The Kier molecular flexibility index (Phi) is 5.72. The van der Waals surface area contributed by atoms with E-state index in [0.29, 0.717) is 11.1 Å². The van der Waals surface area contributed by atoms with Gasteiger partial charge < -0.3 is 4.74 Å². The fraction of sp³-hybridized carbons (Fsp3) is 0.385. The van der Waals surface area contributed by atoms with E-state index in [-0.39, 0.29) is 0 Å². The highest BCUT2D eigenvalue weighted by atomic mass is 35.5. The van der Waals surface area contributed by atoms with E-state index < -0.39 is 0 Å². The Labute approximate surface area is 107 Å². The van der Waals surface area contributed by atoms with Crippen molar-refractivity contribution < 1.29 is 4.74 Å². The minimum absolute atomic E-state index is 0.343. The van der Waals surface area contributed by atoms with E-state index in [1.54, 1.807) is 0 Å². The van der Waals surface area contributed by atoms with Gasteiger partial charge in [0.15, 0.2) is 0 Å². The second-order valence-electron chi connectivity index (χ2n) is 3.45. The first-order valence-corrected chi connectivity index (χ1v) is 6.22. The zero-order chi connectivity index (χ0) is 12.0. The number of halogens is 2. The summed E-state index contributed by atoms with van der Waals surface area (Å²) >= 11 is 11.8. The Morgan fingerprint density at radius 1 is 1.25 bits per heavy atom. The van der Waals surface area contributed by atoms with Crippen molar-refractivity contribution in [1.82, 2.24) is 0 Å². The SMILES string of the molecule is CCCC(=C(Cl)Cl)c1cccc(OCC)c1. The zero-order valence-corrected chi connectivity index (χ0v) is 11.1. The highest BCUT2D eigenvalue weighted by Crippen LogP contribution is 2.30. The van der Waals surface area contributed by atoms with Gasteiger partial charge in [-0.3, -0.25) is 0 Å². The van der Waals surface area contributed by atoms with Crippen LogP contribution in [0.25, 0.3) is 5.57 Å². The minimum Gasteiger partial charge on any atom is -0.494 e. The number of hydrogen-bond acceptors (Lipinski definition) is 1. The number of hydrogen-bond donors (Lipinski definition) is 0. The normalized spacial score (nSPS) is 10.0. The lowest BCUT2D eigenvalue weighted by atomic mass is 10.0. The van der Waals surface area contributed by atoms with Crippen molar-refractivity contribution >= 4 is 28.8 Å². The molecule has 0 aliphatic heterocycles. The van der Waals surface area contributed by atoms with Crippen LogP contribution in [0.2, 0.25) is 0 Å². The molecule has 0 saturated heterocycles. The average Bonchev–Trinajstić information content (AvgIpc) is 2.26. The Balaban J connectivity index is 3.01. The molecule has 0 spiro atoms. The maximum Gasteiger partial charge on any atom is 0.119 e. The Bertz CT molecular complexity index is 368. The van der Waals surface area contributed by atoms with Gasteiger partial charge in [0.25, 0.3) is 0 Å². The van der Waals surface area contributed by atoms with E-state index in [9.17, 15) is 0 Å². The topological polar surface area (TPSA) is 9.23 Å². The smallest absolute Gasteiger partial charge is 0.119 e. The second kappa shape index (κ2) is 6.82. The summed E-state index contributed by atoms with van der Waals surface area (Å²) in [5, 5.41) is 0. The van der Waals surface area contributed by atoms with Gasteiger partial charge in [0.1, 0.15) is 10.2 Å². The summed E-state index contributed by atoms with van der Waals surface area (Å²) in [5.41, 5.74) is 2.01. The molecule has 16 heavy (non-hydrogen) atoms. The lowest BCUT2D eigenvalue weighted by Crippen LogP contribution is -1.93. The minimum atomic E-state index is 0.343. The molecule has 3 heteroatoms. The van der Waals surface area contributed by atoms with Gasteiger partial charge in [0.05, 0.1) is 6.61 Å². The predicted molar refractivity (Wildman–Crippen MR) is 71.1 cm³/mol. The largest absolute Gasteiger partial charge is 0.494 e. The Hall–Kier alpha value is -0.660. The third kappa shape index (κ3) is 3.73. The van der Waals surface area contributed by atoms with Crippen LogP contribution >= 0.6 is 23.2 Å². The monoisotopic (exact) mass is 258 g/mol. The summed E-state index contributed by atoms with van der Waals surface area (Å²) in [7, 11) is 0. The van der Waals surface area contributed by atoms with Gasteiger partial charge in [-0.05, 0) is 36.6 Å². The first-order chi connectivity index (χ1) is 7.69. The van der Waals surface area contributed by atoms with Gasteiger partial charge in [-0.15, -0.1) is 0 Å². The zero-order valence-electron chi connectivity index (χ0n) is 9.59. The van der Waals surface area contributed by atoms with Crippen LogP contribution in [0.4, 0.5) is 0 Å². The van der Waals surface area contributed by atoms with Crippen LogP contribution in [-0.4, -0.2) is 6.61 Å². The molecule has 0 heterocycles. The summed E-state index contributed by atoms with van der Waals surface area (Å²) in [4.78, 5) is 0. The van der Waals surface area contributed by atoms with Crippen molar-refractivity contribution in [3.05, 3.63) is 34.3 Å². The van der Waals surface area contributed by atoms with Gasteiger partial charge in [-0.1, -0.05) is 48.7 Å². The van der Waals surface area contributed by atoms with Crippen molar-refractivity contribution in [3.63, 3.8) is 0 Å². The maximum atomic E-state index is 5.89. The number of allylic oxidation sites excluding steroid dienone is 1. The van der Waals surface area contributed by atoms with E-state index in [0.717, 1.165) is 29.7 Å². The summed E-state index contributed by atoms with van der Waals surface area (Å²) in [6.45, 7) is 4.72. The summed E-state index contributed by atoms with van der Waals surface area (Å²) in [6, 6.07) is 7.85. The van der Waals surface area contributed by atoms with Crippen LogP contribution in [-0.2, 0) is 0 Å². The molecule has 0 N–H and O–H groups in total. The molecular weight excluding hydrogens is 243 g/mol. The lowest BCUT2D eigenvalue weighted by Gasteiger charge is -2.09. The molecule has 0 bridgehead atoms. The molecular formula is C13H16Cl2O. The Morgan fingerprint density at radius 2 is 2.00 bits per heavy atom. The van der Waals surface area contributed by atoms with Crippen LogP contribution in [0.3, 0.4) is 0 Å². The molecule has 1 aromatic rings. The summed E-state index contributed by atoms with van der Waals surface area (Å²) < 4.78 is 5.79. The second-order valence-corrected chi connectivity index (χ2v) is 4.40.